The number of nitrogens with one attached hydrogen (secondary N) is 2. The molecule has 0 amide bonds. The molecule has 4 aromatic carbocycles. The number of hydrogen-bond donors (Lipinski definition) is 6. The Kier molecular flexibility index (Phi) is 10.7. The third-order valence-electron chi connectivity index (χ3n) is 8.47. The molecule has 58 heavy (non-hydrogen) atoms. The Balaban J connectivity index is 1.31. The van der Waals surface area contributed by atoms with E-state index in [-0.39, 0.29) is 45.1 Å². The molecule has 0 saturated heterocycles. The van der Waals surface area contributed by atoms with E-state index in [9.17, 15) is 61.5 Å². The van der Waals surface area contributed by atoms with Gasteiger partial charge in [0.2, 0.25) is 11.6 Å². The predicted octanol–water partition coefficient (Wildman–Crippen LogP) is 3.12. The summed E-state index contributed by atoms with van der Waals surface area (Å²) in [5.41, 5.74) is 5.14. The lowest BCUT2D eigenvalue weighted by molar-refractivity contribution is -0.110. The molecular formula is C34H26N4O16S4. The molecule has 0 atom stereocenters. The maximum atomic E-state index is 13.1. The molecule has 0 saturated carbocycles. The largest absolute Gasteiger partial charge is 0.494 e. The van der Waals surface area contributed by atoms with E-state index >= 15 is 0 Å². The number of anilines is 2. The van der Waals surface area contributed by atoms with Crippen LogP contribution < -0.4 is 20.3 Å². The number of allylic oxidation sites excluding steroid dienone is 2. The molecule has 2 aliphatic rings. The lowest BCUT2D eigenvalue weighted by Crippen LogP contribution is -2.27. The predicted molar refractivity (Wildman–Crippen MR) is 207 cm³/mol. The third kappa shape index (κ3) is 8.29. The fourth-order valence-electron chi connectivity index (χ4n) is 5.73. The van der Waals surface area contributed by atoms with Crippen molar-refractivity contribution in [1.29, 1.82) is 0 Å². The summed E-state index contributed by atoms with van der Waals surface area (Å²) in [6.07, 6.45) is 1.49. The second-order valence-electron chi connectivity index (χ2n) is 12.0. The zero-order valence-electron chi connectivity index (χ0n) is 29.3. The van der Waals surface area contributed by atoms with Crippen molar-refractivity contribution < 1.29 is 70.9 Å². The van der Waals surface area contributed by atoms with Crippen molar-refractivity contribution in [2.75, 3.05) is 25.1 Å². The fraction of sp³-hybridized carbons (Fsp3) is 0.0588. The first-order valence-electron chi connectivity index (χ1n) is 15.8. The number of methoxy groups -OCH3 is 2. The minimum absolute atomic E-state index is 0.0301. The van der Waals surface area contributed by atoms with Crippen molar-refractivity contribution in [1.82, 2.24) is 0 Å². The second-order valence-corrected chi connectivity index (χ2v) is 17.7. The molecule has 0 aromatic heterocycles. The van der Waals surface area contributed by atoms with Crippen molar-refractivity contribution in [3.8, 4) is 22.6 Å². The number of carbonyl (C=O) groups is 2. The van der Waals surface area contributed by atoms with Crippen LogP contribution in [0.25, 0.3) is 23.3 Å². The Morgan fingerprint density at radius 1 is 0.500 bits per heavy atom. The number of hydrazone groups is 2. The van der Waals surface area contributed by atoms with Gasteiger partial charge in [-0.15, -0.1) is 0 Å². The molecule has 0 aliphatic heterocycles. The van der Waals surface area contributed by atoms with Crippen molar-refractivity contribution in [2.45, 2.75) is 9.79 Å². The van der Waals surface area contributed by atoms with Gasteiger partial charge in [0.25, 0.3) is 40.5 Å². The summed E-state index contributed by atoms with van der Waals surface area (Å²) in [4.78, 5) is 22.9. The summed E-state index contributed by atoms with van der Waals surface area (Å²) in [6.45, 7) is 0. The van der Waals surface area contributed by atoms with Crippen LogP contribution in [-0.2, 0) is 50.1 Å². The number of ether oxygens (including phenoxy) is 2. The van der Waals surface area contributed by atoms with Gasteiger partial charge in [0.15, 0.2) is 0 Å². The Bertz CT molecular complexity index is 2860. The normalized spacial score (nSPS) is 16.0. The standard InChI is InChI=1S/C34H26N4O16S4/c1-53-27-13-17(3-9-25(27)35-37-31-23-7-5-21(55(41,42)43)11-19(23)15-29(33(31)39)57(47,48)49)18-4-10-26(28(14-18)54-2)36-38-32-24-8-6-22(56(44,45)46)12-20(24)16-30(34(32)40)58(50,51)52/h3-16,35-36H,1-2H3,(H,41,42,43)(H,44,45,46)(H,47,48,49)(H,50,51,52)/b37-31-,38-32-. The number of rotatable bonds is 11. The Morgan fingerprint density at radius 2 is 0.862 bits per heavy atom. The lowest BCUT2D eigenvalue weighted by Gasteiger charge is -2.18. The van der Waals surface area contributed by atoms with Crippen LogP contribution in [0.3, 0.4) is 0 Å². The number of hydrogen-bond acceptors (Lipinski definition) is 16. The monoisotopic (exact) mass is 874 g/mol. The molecule has 20 nitrogen and oxygen atoms in total. The summed E-state index contributed by atoms with van der Waals surface area (Å²) >= 11 is 0. The van der Waals surface area contributed by atoms with Gasteiger partial charge in [0, 0.05) is 11.1 Å². The van der Waals surface area contributed by atoms with Crippen LogP contribution in [0.15, 0.2) is 103 Å². The zero-order chi connectivity index (χ0) is 42.5. The molecule has 0 unspecified atom stereocenters. The van der Waals surface area contributed by atoms with Gasteiger partial charge in [-0.3, -0.25) is 38.7 Å². The van der Waals surface area contributed by atoms with E-state index in [0.29, 0.717) is 11.1 Å². The number of Topliss-reactive ketones (excluding diaryl/α,β-unsaturated/α-hetero) is 2. The minimum atomic E-state index is -5.11. The van der Waals surface area contributed by atoms with E-state index in [1.807, 2.05) is 0 Å². The minimum Gasteiger partial charge on any atom is -0.494 e. The van der Waals surface area contributed by atoms with E-state index < -0.39 is 83.1 Å². The maximum absolute atomic E-state index is 13.1. The van der Waals surface area contributed by atoms with E-state index in [1.165, 1.54) is 26.4 Å². The van der Waals surface area contributed by atoms with Crippen LogP contribution in [0.1, 0.15) is 22.3 Å². The van der Waals surface area contributed by atoms with E-state index in [1.54, 1.807) is 24.3 Å². The van der Waals surface area contributed by atoms with Crippen molar-refractivity contribution >= 4 is 87.0 Å². The number of nitrogens with zero attached hydrogens (tertiary/aromatic N) is 2. The van der Waals surface area contributed by atoms with Crippen molar-refractivity contribution in [3.63, 3.8) is 0 Å². The first kappa shape index (κ1) is 41.5. The number of ketones is 2. The van der Waals surface area contributed by atoms with Gasteiger partial charge >= 0.3 is 0 Å². The first-order chi connectivity index (χ1) is 27.0. The van der Waals surface area contributed by atoms with Crippen LogP contribution in [0, 0.1) is 0 Å². The topological polar surface area (TPSA) is 319 Å². The summed E-state index contributed by atoms with van der Waals surface area (Å²) in [5.74, 6) is -2.14. The molecule has 6 rings (SSSR count). The second kappa shape index (κ2) is 15.0. The average Bonchev–Trinajstić information content (AvgIpc) is 3.14. The van der Waals surface area contributed by atoms with Gasteiger partial charge in [-0.1, -0.05) is 24.3 Å². The molecule has 0 fully saturated rings. The van der Waals surface area contributed by atoms with Crippen LogP contribution in [0.4, 0.5) is 11.4 Å². The molecule has 302 valence electrons. The van der Waals surface area contributed by atoms with Crippen molar-refractivity contribution in [2.24, 2.45) is 10.2 Å². The van der Waals surface area contributed by atoms with Crippen LogP contribution in [0.5, 0.6) is 11.5 Å². The highest BCUT2D eigenvalue weighted by Gasteiger charge is 2.35. The SMILES string of the molecule is COc1cc(-c2ccc(N/N=C3\C(=O)C(S(=O)(=O)O)=Cc4cc(S(=O)(=O)O)ccc43)c(OC)c2)ccc1N/N=C1\C(=O)C(S(=O)(=O)O)=Cc2cc(S(=O)(=O)O)ccc21. The Hall–Kier alpha value is -6.12. The molecule has 0 radical (unpaired) electrons. The fourth-order valence-corrected chi connectivity index (χ4v) is 7.97. The summed E-state index contributed by atoms with van der Waals surface area (Å²) in [5, 5.41) is 8.10. The Morgan fingerprint density at radius 3 is 1.17 bits per heavy atom. The van der Waals surface area contributed by atoms with E-state index in [2.05, 4.69) is 21.1 Å². The molecule has 2 aliphatic carbocycles. The Labute approximate surface area is 329 Å². The van der Waals surface area contributed by atoms with Crippen LogP contribution >= 0.6 is 0 Å². The smallest absolute Gasteiger partial charge is 0.298 e. The molecule has 24 heteroatoms. The lowest BCUT2D eigenvalue weighted by atomic mass is 9.94. The van der Waals surface area contributed by atoms with Gasteiger partial charge in [0.05, 0.1) is 35.4 Å². The zero-order valence-corrected chi connectivity index (χ0v) is 32.6. The van der Waals surface area contributed by atoms with Gasteiger partial charge in [-0.25, -0.2) is 0 Å². The molecule has 0 spiro atoms. The van der Waals surface area contributed by atoms with E-state index in [0.717, 1.165) is 48.6 Å². The number of benzene rings is 4. The highest BCUT2D eigenvalue weighted by Crippen LogP contribution is 2.36. The molecule has 0 heterocycles. The maximum Gasteiger partial charge on any atom is 0.298 e. The first-order valence-corrected chi connectivity index (χ1v) is 21.5. The van der Waals surface area contributed by atoms with Gasteiger partial charge in [-0.2, -0.15) is 43.9 Å². The molecule has 4 aromatic rings. The molecule has 6 N–H and O–H groups in total. The van der Waals surface area contributed by atoms with Crippen molar-refractivity contribution in [3.05, 3.63) is 105 Å². The quantitative estimate of drug-likeness (QED) is 0.0931. The van der Waals surface area contributed by atoms with E-state index in [4.69, 9.17) is 9.47 Å². The molecule has 0 bridgehead atoms. The van der Waals surface area contributed by atoms with Crippen LogP contribution in [0.2, 0.25) is 0 Å². The third-order valence-corrected chi connectivity index (χ3v) is 11.9. The summed E-state index contributed by atoms with van der Waals surface area (Å²) in [7, 11) is -17.0. The number of carbonyl (C=O) groups excluding carboxylic acids is 2. The van der Waals surface area contributed by atoms with Gasteiger partial charge in [-0.05, 0) is 82.9 Å². The van der Waals surface area contributed by atoms with Gasteiger partial charge < -0.3 is 9.47 Å². The summed E-state index contributed by atoms with van der Waals surface area (Å²) < 4.78 is 144. The highest BCUT2D eigenvalue weighted by molar-refractivity contribution is 7.91. The average molecular weight is 875 g/mol. The molecular weight excluding hydrogens is 849 g/mol. The number of fused-ring (bicyclic) bond motifs is 2. The summed E-state index contributed by atoms with van der Waals surface area (Å²) in [6, 6.07) is 15.2. The van der Waals surface area contributed by atoms with Crippen LogP contribution in [-0.4, -0.2) is 89.1 Å². The van der Waals surface area contributed by atoms with Gasteiger partial charge in [0.1, 0.15) is 32.7 Å². The highest BCUT2D eigenvalue weighted by atomic mass is 32.2.